The summed E-state index contributed by atoms with van der Waals surface area (Å²) in [5, 5.41) is 21.9. The van der Waals surface area contributed by atoms with Crippen LogP contribution in [0.25, 0.3) is 33.4 Å². The van der Waals surface area contributed by atoms with E-state index in [1.165, 1.54) is 12.1 Å². The molecular weight excluding hydrogens is 805 g/mol. The maximum atomic E-state index is 12.6. The van der Waals surface area contributed by atoms with Crippen LogP contribution >= 0.6 is 110 Å². The molecule has 0 aromatic heterocycles. The molecule has 0 spiro atoms. The number of carbonyl (C=O) groups is 1. The van der Waals surface area contributed by atoms with Gasteiger partial charge in [0.25, 0.3) is 0 Å². The second-order valence-electron chi connectivity index (χ2n) is 6.54. The van der Waals surface area contributed by atoms with Gasteiger partial charge in [0.05, 0.1) is 34.6 Å². The van der Waals surface area contributed by atoms with E-state index in [4.69, 9.17) is 50.8 Å². The monoisotopic (exact) mass is 802 g/mol. The predicted octanol–water partition coefficient (Wildman–Crippen LogP) is 6.00. The number of carboxylic acid groups (broad SMARTS) is 1. The Morgan fingerprint density at radius 2 is 1.47 bits per heavy atom. The number of hydrogen-bond acceptors (Lipinski definition) is 4. The summed E-state index contributed by atoms with van der Waals surface area (Å²) < 4.78 is 6.35. The standard InChI is InChI=1S/C20H4Br4Cl4O5.Na/c21-5-1-3-7(8-9(20(31)32)13(26)15(28)14(27)12(8)25)4-2-6(22)17(30)11(24)19(4)33-18(3)10(23)16(5)29;/h1-2,29H,(H,31,32);/q;+1/p-1. The Balaban J connectivity index is 0.00000324. The second kappa shape index (κ2) is 10.7. The zero-order chi connectivity index (χ0) is 24.5. The zero-order valence-corrected chi connectivity index (χ0v) is 27.6. The Labute approximate surface area is 266 Å². The topological polar surface area (TPSA) is 90.6 Å². The molecule has 4 rings (SSSR count). The molecule has 170 valence electrons. The Morgan fingerprint density at radius 3 is 2.06 bits per heavy atom. The quantitative estimate of drug-likeness (QED) is 0.116. The van der Waals surface area contributed by atoms with Crippen LogP contribution in [0.5, 0.6) is 5.75 Å². The van der Waals surface area contributed by atoms with E-state index in [0.29, 0.717) is 0 Å². The molecule has 1 N–H and O–H groups in total. The molecular formula is C20H3Br4Cl4NaO5. The van der Waals surface area contributed by atoms with Gasteiger partial charge in [0.1, 0.15) is 10.1 Å². The Hall–Kier alpha value is 0.480. The number of benzene rings is 3. The second-order valence-corrected chi connectivity index (χ2v) is 11.4. The Bertz CT molecular complexity index is 1570. The molecule has 14 heteroatoms. The summed E-state index contributed by atoms with van der Waals surface area (Å²) in [7, 11) is 0. The van der Waals surface area contributed by atoms with Crippen LogP contribution in [0.3, 0.4) is 0 Å². The van der Waals surface area contributed by atoms with Crippen molar-refractivity contribution in [3.63, 3.8) is 0 Å². The Morgan fingerprint density at radius 1 is 0.882 bits per heavy atom. The molecule has 2 aromatic carbocycles. The van der Waals surface area contributed by atoms with Gasteiger partial charge in [0, 0.05) is 26.5 Å². The first kappa shape index (κ1) is 29.0. The summed E-state index contributed by atoms with van der Waals surface area (Å²) >= 11 is 38.1. The molecule has 0 fully saturated rings. The molecule has 34 heavy (non-hydrogen) atoms. The number of aromatic carboxylic acids is 1. The number of rotatable bonds is 2. The molecule has 0 saturated carbocycles. The van der Waals surface area contributed by atoms with Crippen molar-refractivity contribution in [1.82, 2.24) is 0 Å². The fourth-order valence-corrected chi connectivity index (χ4v) is 6.75. The van der Waals surface area contributed by atoms with Gasteiger partial charge in [0.2, 0.25) is 5.43 Å². The van der Waals surface area contributed by atoms with Crippen molar-refractivity contribution in [1.29, 1.82) is 0 Å². The van der Waals surface area contributed by atoms with Crippen LogP contribution in [0.1, 0.15) is 10.4 Å². The van der Waals surface area contributed by atoms with Gasteiger partial charge in [-0.05, 0) is 59.9 Å². The summed E-state index contributed by atoms with van der Waals surface area (Å²) in [6.45, 7) is 0. The summed E-state index contributed by atoms with van der Waals surface area (Å²) in [6, 6.07) is 2.90. The van der Waals surface area contributed by atoms with Gasteiger partial charge in [-0.1, -0.05) is 68.1 Å². The minimum atomic E-state index is -1.42. The number of halogens is 8. The smallest absolute Gasteiger partial charge is 0.871 e. The molecule has 2 aromatic rings. The molecule has 0 bridgehead atoms. The van der Waals surface area contributed by atoms with Gasteiger partial charge < -0.3 is 14.6 Å². The molecule has 1 heterocycles. The minimum Gasteiger partial charge on any atom is -0.871 e. The van der Waals surface area contributed by atoms with Crippen molar-refractivity contribution >= 4 is 127 Å². The first-order valence-corrected chi connectivity index (χ1v) is 13.1. The van der Waals surface area contributed by atoms with Crippen LogP contribution < -0.4 is 40.1 Å². The molecule has 5 nitrogen and oxygen atoms in total. The molecule has 1 aliphatic carbocycles. The number of fused-ring (bicyclic) bond motifs is 2. The summed E-state index contributed by atoms with van der Waals surface area (Å²) in [5.74, 6) is -1.80. The fourth-order valence-electron chi connectivity index (χ4n) is 3.32. The third kappa shape index (κ3) is 4.51. The van der Waals surface area contributed by atoms with Crippen LogP contribution in [0, 0.1) is 0 Å². The van der Waals surface area contributed by atoms with Crippen LogP contribution in [0.15, 0.2) is 39.2 Å². The molecule has 0 amide bonds. The average molecular weight is 808 g/mol. The van der Waals surface area contributed by atoms with Gasteiger partial charge >= 0.3 is 35.5 Å². The van der Waals surface area contributed by atoms with E-state index in [1.54, 1.807) is 0 Å². The van der Waals surface area contributed by atoms with Gasteiger partial charge in [0.15, 0.2) is 5.76 Å². The average Bonchev–Trinajstić information content (AvgIpc) is 2.76. The van der Waals surface area contributed by atoms with Crippen molar-refractivity contribution in [2.24, 2.45) is 0 Å². The Kier molecular flexibility index (Phi) is 9.13. The minimum absolute atomic E-state index is 0. The van der Waals surface area contributed by atoms with Crippen LogP contribution in [-0.2, 0) is 0 Å². The molecule has 1 aliphatic heterocycles. The van der Waals surface area contributed by atoms with E-state index < -0.39 is 22.7 Å². The number of hydrogen-bond donors (Lipinski definition) is 1. The maximum absolute atomic E-state index is 12.6. The van der Waals surface area contributed by atoms with Crippen molar-refractivity contribution in [2.45, 2.75) is 0 Å². The largest absolute Gasteiger partial charge is 1.00 e. The zero-order valence-electron chi connectivity index (χ0n) is 16.3. The summed E-state index contributed by atoms with van der Waals surface area (Å²) in [5.41, 5.74) is -0.369. The summed E-state index contributed by atoms with van der Waals surface area (Å²) in [6.07, 6.45) is 0. The third-order valence-electron chi connectivity index (χ3n) is 4.74. The van der Waals surface area contributed by atoms with Crippen LogP contribution in [0.4, 0.5) is 0 Å². The SMILES string of the molecule is O=C(O)c1c(Cl)c(Cl)c(Cl)c(Cl)c1-c1c2cc(Br)c(=O)c(Br)c-2oc2c(Br)c([O-])c(Br)cc12.[Na+]. The van der Waals surface area contributed by atoms with Gasteiger partial charge in [-0.2, -0.15) is 0 Å². The molecule has 0 unspecified atom stereocenters. The van der Waals surface area contributed by atoms with E-state index in [-0.39, 0.29) is 101 Å². The predicted molar refractivity (Wildman–Crippen MR) is 142 cm³/mol. The van der Waals surface area contributed by atoms with Gasteiger partial charge in [-0.15, -0.1) is 0 Å². The van der Waals surface area contributed by atoms with E-state index >= 15 is 0 Å². The van der Waals surface area contributed by atoms with E-state index in [2.05, 4.69) is 63.7 Å². The number of carboxylic acids is 1. The van der Waals surface area contributed by atoms with E-state index in [1.807, 2.05) is 0 Å². The first-order valence-electron chi connectivity index (χ1n) is 8.41. The van der Waals surface area contributed by atoms with E-state index in [0.717, 1.165) is 0 Å². The normalized spacial score (nSPS) is 11.2. The first-order chi connectivity index (χ1) is 15.4. The fraction of sp³-hybridized carbons (Fsp3) is 0. The van der Waals surface area contributed by atoms with Crippen LogP contribution in [-0.4, -0.2) is 11.1 Å². The molecule has 2 aliphatic rings. The van der Waals surface area contributed by atoms with Crippen molar-refractivity contribution in [3.05, 3.63) is 65.9 Å². The maximum Gasteiger partial charge on any atom is 1.00 e. The summed E-state index contributed by atoms with van der Waals surface area (Å²) in [4.78, 5) is 24.8. The van der Waals surface area contributed by atoms with Crippen molar-refractivity contribution in [2.75, 3.05) is 0 Å². The van der Waals surface area contributed by atoms with Gasteiger partial charge in [-0.25, -0.2) is 4.79 Å². The van der Waals surface area contributed by atoms with Crippen molar-refractivity contribution < 1.29 is 49.0 Å². The van der Waals surface area contributed by atoms with E-state index in [9.17, 15) is 19.8 Å². The molecule has 0 saturated heterocycles. The van der Waals surface area contributed by atoms with Crippen LogP contribution in [0.2, 0.25) is 20.1 Å². The molecule has 0 radical (unpaired) electrons. The third-order valence-corrected chi connectivity index (χ3v) is 9.16. The molecule has 0 atom stereocenters. The van der Waals surface area contributed by atoms with Crippen molar-refractivity contribution in [3.8, 4) is 28.2 Å². The van der Waals surface area contributed by atoms with Gasteiger partial charge in [-0.3, -0.25) is 4.79 Å².